The van der Waals surface area contributed by atoms with Crippen molar-refractivity contribution < 1.29 is 4.79 Å². The van der Waals surface area contributed by atoms with Crippen molar-refractivity contribution in [3.63, 3.8) is 0 Å². The monoisotopic (exact) mass is 323 g/mol. The van der Waals surface area contributed by atoms with Crippen molar-refractivity contribution in [1.29, 1.82) is 0 Å². The number of carbonyl (C=O) groups excluding carboxylic acids is 1. The summed E-state index contributed by atoms with van der Waals surface area (Å²) in [6, 6.07) is 5.46. The highest BCUT2D eigenvalue weighted by molar-refractivity contribution is 5.99. The van der Waals surface area contributed by atoms with E-state index in [0.717, 1.165) is 16.8 Å². The molecule has 3 aromatic heterocycles. The number of aromatic nitrogens is 4. The van der Waals surface area contributed by atoms with E-state index in [2.05, 4.69) is 25.5 Å². The lowest BCUT2D eigenvalue weighted by Crippen LogP contribution is -2.28. The molecule has 0 aromatic carbocycles. The minimum Gasteiger partial charge on any atom is -0.348 e. The summed E-state index contributed by atoms with van der Waals surface area (Å²) in [4.78, 5) is 31.2. The third-order valence-electron chi connectivity index (χ3n) is 3.77. The average molecular weight is 323 g/mol. The van der Waals surface area contributed by atoms with Gasteiger partial charge < -0.3 is 10.3 Å². The Labute approximate surface area is 138 Å². The number of rotatable bonds is 4. The van der Waals surface area contributed by atoms with E-state index in [1.165, 1.54) is 6.20 Å². The second-order valence-electron chi connectivity index (χ2n) is 5.52. The Hall–Kier alpha value is -3.22. The first-order valence-electron chi connectivity index (χ1n) is 7.47. The number of aromatic amines is 2. The molecule has 0 aliphatic heterocycles. The molecule has 0 atom stereocenters. The molecule has 0 fully saturated rings. The van der Waals surface area contributed by atoms with Gasteiger partial charge in [0.05, 0.1) is 17.5 Å². The topological polar surface area (TPSA) is 104 Å². The maximum absolute atomic E-state index is 12.5. The van der Waals surface area contributed by atoms with E-state index in [1.54, 1.807) is 24.5 Å². The van der Waals surface area contributed by atoms with Gasteiger partial charge in [0.1, 0.15) is 0 Å². The van der Waals surface area contributed by atoms with E-state index in [4.69, 9.17) is 0 Å². The quantitative estimate of drug-likeness (QED) is 0.680. The number of hydrogen-bond acceptors (Lipinski definition) is 4. The molecule has 0 aliphatic carbocycles. The molecule has 24 heavy (non-hydrogen) atoms. The second kappa shape index (κ2) is 6.49. The normalized spacial score (nSPS) is 10.6. The number of hydrogen-bond donors (Lipinski definition) is 3. The van der Waals surface area contributed by atoms with Gasteiger partial charge in [0.15, 0.2) is 0 Å². The summed E-state index contributed by atoms with van der Waals surface area (Å²) in [5.41, 5.74) is 3.85. The third kappa shape index (κ3) is 3.10. The van der Waals surface area contributed by atoms with Gasteiger partial charge in [-0.2, -0.15) is 5.10 Å². The summed E-state index contributed by atoms with van der Waals surface area (Å²) in [6.45, 7) is 3.83. The standard InChI is InChI=1S/C17H17N5O2/c1-10-7-11(2)21-17(24)13(10)8-19-16(23)14-9-20-22-15(14)12-3-5-18-6-4-12/h3-7,9H,8H2,1-2H3,(H,19,23)(H,20,22)(H,21,24). The van der Waals surface area contributed by atoms with Gasteiger partial charge in [0, 0.05) is 35.8 Å². The number of carbonyl (C=O) groups is 1. The predicted molar refractivity (Wildman–Crippen MR) is 89.5 cm³/mol. The van der Waals surface area contributed by atoms with Crippen LogP contribution < -0.4 is 10.9 Å². The van der Waals surface area contributed by atoms with E-state index >= 15 is 0 Å². The number of nitrogens with zero attached hydrogens (tertiary/aromatic N) is 2. The SMILES string of the molecule is Cc1cc(C)c(CNC(=O)c2cn[nH]c2-c2ccncc2)c(=O)[nH]1. The van der Waals surface area contributed by atoms with Crippen molar-refractivity contribution in [1.82, 2.24) is 25.5 Å². The van der Waals surface area contributed by atoms with E-state index < -0.39 is 0 Å². The smallest absolute Gasteiger partial charge is 0.255 e. The van der Waals surface area contributed by atoms with Gasteiger partial charge in [-0.3, -0.25) is 19.7 Å². The number of nitrogens with one attached hydrogen (secondary N) is 3. The van der Waals surface area contributed by atoms with Crippen LogP contribution in [-0.4, -0.2) is 26.1 Å². The van der Waals surface area contributed by atoms with Crippen molar-refractivity contribution in [3.8, 4) is 11.3 Å². The highest BCUT2D eigenvalue weighted by Crippen LogP contribution is 2.20. The minimum atomic E-state index is -0.296. The molecule has 3 aromatic rings. The summed E-state index contributed by atoms with van der Waals surface area (Å²) < 4.78 is 0. The lowest BCUT2D eigenvalue weighted by molar-refractivity contribution is 0.0951. The molecule has 3 rings (SSSR count). The molecule has 3 heterocycles. The summed E-state index contributed by atoms with van der Waals surface area (Å²) in [5.74, 6) is -0.296. The van der Waals surface area contributed by atoms with Gasteiger partial charge in [-0.1, -0.05) is 0 Å². The Morgan fingerprint density at radius 2 is 2.00 bits per heavy atom. The van der Waals surface area contributed by atoms with E-state index in [1.807, 2.05) is 19.9 Å². The molecule has 0 unspecified atom stereocenters. The Bertz CT molecular complexity index is 928. The molecule has 0 spiro atoms. The molecule has 0 saturated carbocycles. The molecule has 7 nitrogen and oxygen atoms in total. The van der Waals surface area contributed by atoms with Crippen LogP contribution in [-0.2, 0) is 6.54 Å². The number of H-pyrrole nitrogens is 2. The van der Waals surface area contributed by atoms with Crippen LogP contribution in [0.1, 0.15) is 27.2 Å². The van der Waals surface area contributed by atoms with Gasteiger partial charge >= 0.3 is 0 Å². The molecule has 0 radical (unpaired) electrons. The van der Waals surface area contributed by atoms with E-state index in [-0.39, 0.29) is 18.0 Å². The van der Waals surface area contributed by atoms with Gasteiger partial charge in [0.25, 0.3) is 11.5 Å². The number of pyridine rings is 2. The number of aryl methyl sites for hydroxylation is 2. The van der Waals surface area contributed by atoms with E-state index in [0.29, 0.717) is 16.8 Å². The fourth-order valence-electron chi connectivity index (χ4n) is 2.56. The zero-order chi connectivity index (χ0) is 17.1. The van der Waals surface area contributed by atoms with Crippen LogP contribution in [0.5, 0.6) is 0 Å². The molecule has 0 bridgehead atoms. The zero-order valence-corrected chi connectivity index (χ0v) is 13.4. The number of amides is 1. The molecular formula is C17H17N5O2. The lowest BCUT2D eigenvalue weighted by atomic mass is 10.1. The van der Waals surface area contributed by atoms with Crippen LogP contribution in [0.4, 0.5) is 0 Å². The first-order chi connectivity index (χ1) is 11.6. The minimum absolute atomic E-state index is 0.154. The van der Waals surface area contributed by atoms with E-state index in [9.17, 15) is 9.59 Å². The summed E-state index contributed by atoms with van der Waals surface area (Å²) in [6.07, 6.45) is 4.76. The fourth-order valence-corrected chi connectivity index (χ4v) is 2.56. The average Bonchev–Trinajstić information content (AvgIpc) is 3.04. The van der Waals surface area contributed by atoms with Crippen molar-refractivity contribution in [3.05, 3.63) is 69.5 Å². The maximum Gasteiger partial charge on any atom is 0.255 e. The molecule has 122 valence electrons. The first kappa shape index (κ1) is 15.7. The fraction of sp³-hybridized carbons (Fsp3) is 0.176. The molecular weight excluding hydrogens is 306 g/mol. The largest absolute Gasteiger partial charge is 0.348 e. The summed E-state index contributed by atoms with van der Waals surface area (Å²) in [7, 11) is 0. The molecule has 7 heteroatoms. The Kier molecular flexibility index (Phi) is 4.24. The lowest BCUT2D eigenvalue weighted by Gasteiger charge is -2.08. The molecule has 3 N–H and O–H groups in total. The van der Waals surface area contributed by atoms with Crippen molar-refractivity contribution >= 4 is 5.91 Å². The van der Waals surface area contributed by atoms with Crippen LogP contribution in [0, 0.1) is 13.8 Å². The van der Waals surface area contributed by atoms with Crippen LogP contribution >= 0.6 is 0 Å². The summed E-state index contributed by atoms with van der Waals surface area (Å²) in [5, 5.41) is 9.55. The second-order valence-corrected chi connectivity index (χ2v) is 5.52. The van der Waals surface area contributed by atoms with Crippen LogP contribution in [0.25, 0.3) is 11.3 Å². The predicted octanol–water partition coefficient (Wildman–Crippen LogP) is 1.71. The van der Waals surface area contributed by atoms with Crippen molar-refractivity contribution in [2.45, 2.75) is 20.4 Å². The first-order valence-corrected chi connectivity index (χ1v) is 7.47. The zero-order valence-electron chi connectivity index (χ0n) is 13.4. The van der Waals surface area contributed by atoms with Crippen LogP contribution in [0.2, 0.25) is 0 Å². The highest BCUT2D eigenvalue weighted by Gasteiger charge is 2.16. The Morgan fingerprint density at radius 3 is 2.71 bits per heavy atom. The molecule has 0 saturated heterocycles. The van der Waals surface area contributed by atoms with Gasteiger partial charge in [-0.15, -0.1) is 0 Å². The van der Waals surface area contributed by atoms with Crippen molar-refractivity contribution in [2.75, 3.05) is 0 Å². The summed E-state index contributed by atoms with van der Waals surface area (Å²) >= 11 is 0. The third-order valence-corrected chi connectivity index (χ3v) is 3.77. The van der Waals surface area contributed by atoms with Gasteiger partial charge in [-0.05, 0) is 37.6 Å². The maximum atomic E-state index is 12.5. The highest BCUT2D eigenvalue weighted by atomic mass is 16.2. The Morgan fingerprint density at radius 1 is 1.25 bits per heavy atom. The van der Waals surface area contributed by atoms with Crippen LogP contribution in [0.15, 0.2) is 41.6 Å². The molecule has 0 aliphatic rings. The van der Waals surface area contributed by atoms with Crippen molar-refractivity contribution in [2.24, 2.45) is 0 Å². The molecule has 1 amide bonds. The van der Waals surface area contributed by atoms with Gasteiger partial charge in [-0.25, -0.2) is 0 Å². The van der Waals surface area contributed by atoms with Gasteiger partial charge in [0.2, 0.25) is 0 Å². The Balaban J connectivity index is 1.80. The van der Waals surface area contributed by atoms with Crippen LogP contribution in [0.3, 0.4) is 0 Å².